The Balaban J connectivity index is 0.000000461. The summed E-state index contributed by atoms with van der Waals surface area (Å²) in [7, 11) is 2.17. The molecule has 1 nitrogen and oxygen atoms in total. The second kappa shape index (κ2) is 5.90. The van der Waals surface area contributed by atoms with Crippen LogP contribution < -0.4 is 0 Å². The third-order valence-corrected chi connectivity index (χ3v) is 2.91. The van der Waals surface area contributed by atoms with Gasteiger partial charge in [0.15, 0.2) is 0 Å². The highest BCUT2D eigenvalue weighted by molar-refractivity contribution is 5.23. The third kappa shape index (κ3) is 2.63. The van der Waals surface area contributed by atoms with Gasteiger partial charge in [0.1, 0.15) is 0 Å². The van der Waals surface area contributed by atoms with E-state index >= 15 is 0 Å². The van der Waals surface area contributed by atoms with E-state index in [4.69, 9.17) is 0 Å². The maximum atomic E-state index is 2.29. The van der Waals surface area contributed by atoms with Crippen molar-refractivity contribution in [3.8, 4) is 0 Å². The lowest BCUT2D eigenvalue weighted by Crippen LogP contribution is -2.02. The van der Waals surface area contributed by atoms with Crippen LogP contribution in [0.15, 0.2) is 12.3 Å². The van der Waals surface area contributed by atoms with Crippen molar-refractivity contribution < 1.29 is 0 Å². The molecule has 1 aromatic heterocycles. The Hall–Kier alpha value is -0.720. The van der Waals surface area contributed by atoms with Crippen LogP contribution in [-0.4, -0.2) is 4.57 Å². The van der Waals surface area contributed by atoms with Crippen molar-refractivity contribution in [2.75, 3.05) is 0 Å². The molecule has 0 bridgehead atoms. The average Bonchev–Trinajstić information content (AvgIpc) is 2.50. The Morgan fingerprint density at radius 3 is 2.36 bits per heavy atom. The molecule has 1 heteroatoms. The zero-order chi connectivity index (χ0) is 10.4. The van der Waals surface area contributed by atoms with Crippen molar-refractivity contribution in [2.24, 2.45) is 7.05 Å². The van der Waals surface area contributed by atoms with Gasteiger partial charge in [0.2, 0.25) is 0 Å². The van der Waals surface area contributed by atoms with Gasteiger partial charge in [0, 0.05) is 18.9 Å². The van der Waals surface area contributed by atoms with Gasteiger partial charge in [-0.05, 0) is 37.3 Å². The number of fused-ring (bicyclic) bond motifs is 1. The maximum absolute atomic E-state index is 2.29. The van der Waals surface area contributed by atoms with Gasteiger partial charge in [0.25, 0.3) is 0 Å². The molecule has 2 rings (SSSR count). The molecule has 0 aromatic carbocycles. The number of rotatable bonds is 0. The van der Waals surface area contributed by atoms with Gasteiger partial charge < -0.3 is 4.57 Å². The number of hydrogen-bond donors (Lipinski definition) is 0. The predicted molar refractivity (Wildman–Crippen MR) is 62.6 cm³/mol. The molecule has 0 amide bonds. The third-order valence-electron chi connectivity index (χ3n) is 2.91. The first kappa shape index (κ1) is 11.4. The first-order valence-corrected chi connectivity index (χ1v) is 6.01. The Bertz CT molecular complexity index is 260. The van der Waals surface area contributed by atoms with E-state index in [2.05, 4.69) is 23.9 Å². The first-order valence-electron chi connectivity index (χ1n) is 6.01. The molecule has 0 N–H and O–H groups in total. The highest BCUT2D eigenvalue weighted by atomic mass is 14.9. The standard InChI is InChI=1S/C11H17N.C2H6/c1-12-9-8-10-6-4-2-3-5-7-11(10)12;1-2/h8-9H,2-7H2,1H3;1-2H3. The van der Waals surface area contributed by atoms with Crippen LogP contribution in [0.4, 0.5) is 0 Å². The molecule has 0 unspecified atom stereocenters. The van der Waals surface area contributed by atoms with Crippen LogP contribution in [0.5, 0.6) is 0 Å². The van der Waals surface area contributed by atoms with Crippen molar-refractivity contribution >= 4 is 0 Å². The van der Waals surface area contributed by atoms with Crippen LogP contribution in [0.3, 0.4) is 0 Å². The molecule has 0 radical (unpaired) electrons. The fraction of sp³-hybridized carbons (Fsp3) is 0.692. The second-order valence-corrected chi connectivity index (χ2v) is 3.81. The van der Waals surface area contributed by atoms with Crippen LogP contribution in [-0.2, 0) is 19.9 Å². The van der Waals surface area contributed by atoms with E-state index in [9.17, 15) is 0 Å². The SMILES string of the molecule is CC.Cn1ccc2c1CCCCCC2. The second-order valence-electron chi connectivity index (χ2n) is 3.81. The van der Waals surface area contributed by atoms with Gasteiger partial charge in [-0.1, -0.05) is 26.7 Å². The van der Waals surface area contributed by atoms with Crippen molar-refractivity contribution in [1.29, 1.82) is 0 Å². The molecule has 0 saturated heterocycles. The van der Waals surface area contributed by atoms with Crippen molar-refractivity contribution in [3.63, 3.8) is 0 Å². The van der Waals surface area contributed by atoms with E-state index in [0.717, 1.165) is 0 Å². The van der Waals surface area contributed by atoms with E-state index in [1.165, 1.54) is 38.5 Å². The van der Waals surface area contributed by atoms with E-state index in [1.54, 1.807) is 11.3 Å². The minimum absolute atomic E-state index is 1.29. The minimum Gasteiger partial charge on any atom is -0.354 e. The van der Waals surface area contributed by atoms with E-state index in [1.807, 2.05) is 13.8 Å². The Morgan fingerprint density at radius 2 is 1.64 bits per heavy atom. The summed E-state index contributed by atoms with van der Waals surface area (Å²) >= 11 is 0. The van der Waals surface area contributed by atoms with Gasteiger partial charge >= 0.3 is 0 Å². The van der Waals surface area contributed by atoms with E-state index in [0.29, 0.717) is 0 Å². The zero-order valence-electron chi connectivity index (χ0n) is 9.84. The van der Waals surface area contributed by atoms with Gasteiger partial charge in [-0.3, -0.25) is 0 Å². The maximum Gasteiger partial charge on any atom is 0.0203 e. The summed E-state index contributed by atoms with van der Waals surface area (Å²) in [5.41, 5.74) is 3.17. The normalized spacial score (nSPS) is 15.9. The highest BCUT2D eigenvalue weighted by Crippen LogP contribution is 2.20. The lowest BCUT2D eigenvalue weighted by Gasteiger charge is -2.11. The lowest BCUT2D eigenvalue weighted by atomic mass is 9.99. The summed E-state index contributed by atoms with van der Waals surface area (Å²) < 4.78 is 2.29. The summed E-state index contributed by atoms with van der Waals surface area (Å²) in [6.45, 7) is 4.00. The fourth-order valence-electron chi connectivity index (χ4n) is 2.14. The molecule has 0 aliphatic heterocycles. The summed E-state index contributed by atoms with van der Waals surface area (Å²) in [5.74, 6) is 0. The minimum atomic E-state index is 1.29. The van der Waals surface area contributed by atoms with Gasteiger partial charge in [-0.25, -0.2) is 0 Å². The molecule has 0 atom stereocenters. The van der Waals surface area contributed by atoms with Gasteiger partial charge in [0.05, 0.1) is 0 Å². The fourth-order valence-corrected chi connectivity index (χ4v) is 2.14. The van der Waals surface area contributed by atoms with Crippen LogP contribution in [0.1, 0.15) is 50.8 Å². The zero-order valence-corrected chi connectivity index (χ0v) is 9.84. The molecule has 0 fully saturated rings. The Labute approximate surface area is 88.1 Å². The van der Waals surface area contributed by atoms with Gasteiger partial charge in [-0.15, -0.1) is 0 Å². The lowest BCUT2D eigenvalue weighted by molar-refractivity contribution is 0.600. The van der Waals surface area contributed by atoms with Gasteiger partial charge in [-0.2, -0.15) is 0 Å². The number of hydrogen-bond acceptors (Lipinski definition) is 0. The van der Waals surface area contributed by atoms with Crippen LogP contribution >= 0.6 is 0 Å². The molecular weight excluding hydrogens is 170 g/mol. The number of nitrogens with zero attached hydrogens (tertiary/aromatic N) is 1. The topological polar surface area (TPSA) is 4.93 Å². The smallest absolute Gasteiger partial charge is 0.0203 e. The van der Waals surface area contributed by atoms with Crippen LogP contribution in [0.25, 0.3) is 0 Å². The molecule has 1 aliphatic carbocycles. The van der Waals surface area contributed by atoms with Crippen molar-refractivity contribution in [3.05, 3.63) is 23.5 Å². The summed E-state index contributed by atoms with van der Waals surface area (Å²) in [5, 5.41) is 0. The van der Waals surface area contributed by atoms with Crippen molar-refractivity contribution in [2.45, 2.75) is 52.4 Å². The molecule has 0 spiro atoms. The van der Waals surface area contributed by atoms with Crippen molar-refractivity contribution in [1.82, 2.24) is 4.57 Å². The molecule has 1 aliphatic rings. The Morgan fingerprint density at radius 1 is 1.00 bits per heavy atom. The highest BCUT2D eigenvalue weighted by Gasteiger charge is 2.08. The molecule has 14 heavy (non-hydrogen) atoms. The first-order chi connectivity index (χ1) is 6.88. The van der Waals surface area contributed by atoms with Crippen LogP contribution in [0.2, 0.25) is 0 Å². The molecule has 1 heterocycles. The largest absolute Gasteiger partial charge is 0.354 e. The molecule has 0 saturated carbocycles. The van der Waals surface area contributed by atoms with Crippen LogP contribution in [0, 0.1) is 0 Å². The quantitative estimate of drug-likeness (QED) is 0.592. The van der Waals surface area contributed by atoms with E-state index < -0.39 is 0 Å². The average molecular weight is 193 g/mol. The Kier molecular flexibility index (Phi) is 4.78. The summed E-state index contributed by atoms with van der Waals surface area (Å²) in [6.07, 6.45) is 10.4. The molecule has 80 valence electrons. The monoisotopic (exact) mass is 193 g/mol. The predicted octanol–water partition coefficient (Wildman–Crippen LogP) is 3.71. The summed E-state index contributed by atoms with van der Waals surface area (Å²) in [6, 6.07) is 2.29. The molecular formula is C13H23N. The summed E-state index contributed by atoms with van der Waals surface area (Å²) in [4.78, 5) is 0. The number of aryl methyl sites for hydroxylation is 2. The number of aromatic nitrogens is 1. The van der Waals surface area contributed by atoms with E-state index in [-0.39, 0.29) is 0 Å². The molecule has 1 aromatic rings.